The predicted molar refractivity (Wildman–Crippen MR) is 78.0 cm³/mol. The Hall–Kier alpha value is -1.38. The Morgan fingerprint density at radius 1 is 1.16 bits per heavy atom. The van der Waals surface area contributed by atoms with Crippen LogP contribution in [0.25, 0.3) is 0 Å². The molecule has 0 spiro atoms. The third-order valence-electron chi connectivity index (χ3n) is 3.47. The van der Waals surface area contributed by atoms with Gasteiger partial charge in [0.15, 0.2) is 0 Å². The number of hydrogen-bond donors (Lipinski definition) is 1. The van der Waals surface area contributed by atoms with Crippen molar-refractivity contribution >= 4 is 11.6 Å². The summed E-state index contributed by atoms with van der Waals surface area (Å²) in [5.41, 5.74) is 7.88. The van der Waals surface area contributed by atoms with Crippen molar-refractivity contribution in [2.75, 3.05) is 6.54 Å². The topological polar surface area (TPSA) is 26.0 Å². The van der Waals surface area contributed by atoms with Crippen molar-refractivity contribution < 1.29 is 4.39 Å². The standard InChI is InChI=1S/C16H17ClFN/c1-16(11-19,13-5-7-15(18)8-6-13)10-12-3-2-4-14(17)9-12/h2-9H,10-11,19H2,1H3. The van der Waals surface area contributed by atoms with Crippen molar-refractivity contribution in [2.45, 2.75) is 18.8 Å². The van der Waals surface area contributed by atoms with Gasteiger partial charge >= 0.3 is 0 Å². The fourth-order valence-corrected chi connectivity index (χ4v) is 2.45. The summed E-state index contributed by atoms with van der Waals surface area (Å²) in [7, 11) is 0. The molecule has 2 aromatic rings. The van der Waals surface area contributed by atoms with Crippen LogP contribution in [-0.2, 0) is 11.8 Å². The number of halogens is 2. The summed E-state index contributed by atoms with van der Waals surface area (Å²) in [5, 5.41) is 0.718. The molecular formula is C16H17ClFN. The molecule has 19 heavy (non-hydrogen) atoms. The highest BCUT2D eigenvalue weighted by molar-refractivity contribution is 6.30. The number of nitrogens with two attached hydrogens (primary N) is 1. The number of hydrogen-bond acceptors (Lipinski definition) is 1. The van der Waals surface area contributed by atoms with Gasteiger partial charge in [0.2, 0.25) is 0 Å². The van der Waals surface area contributed by atoms with Crippen LogP contribution in [0.4, 0.5) is 4.39 Å². The van der Waals surface area contributed by atoms with Crippen LogP contribution in [0.3, 0.4) is 0 Å². The van der Waals surface area contributed by atoms with Crippen LogP contribution >= 0.6 is 11.6 Å². The first kappa shape index (κ1) is 14.0. The molecule has 0 bridgehead atoms. The normalized spacial score (nSPS) is 14.1. The van der Waals surface area contributed by atoms with E-state index in [9.17, 15) is 4.39 Å². The second kappa shape index (κ2) is 5.72. The highest BCUT2D eigenvalue weighted by atomic mass is 35.5. The van der Waals surface area contributed by atoms with Crippen molar-refractivity contribution in [1.82, 2.24) is 0 Å². The van der Waals surface area contributed by atoms with Crippen molar-refractivity contribution in [1.29, 1.82) is 0 Å². The van der Waals surface area contributed by atoms with Gasteiger partial charge in [-0.2, -0.15) is 0 Å². The van der Waals surface area contributed by atoms with Crippen molar-refractivity contribution in [3.05, 3.63) is 70.5 Å². The Balaban J connectivity index is 2.29. The third kappa shape index (κ3) is 3.34. The fourth-order valence-electron chi connectivity index (χ4n) is 2.24. The second-order valence-electron chi connectivity index (χ2n) is 5.08. The molecule has 0 aliphatic rings. The number of rotatable bonds is 4. The van der Waals surface area contributed by atoms with Gasteiger partial charge < -0.3 is 5.73 Å². The van der Waals surface area contributed by atoms with Crippen molar-refractivity contribution in [2.24, 2.45) is 5.73 Å². The lowest BCUT2D eigenvalue weighted by molar-refractivity contribution is 0.479. The van der Waals surface area contributed by atoms with E-state index in [0.29, 0.717) is 6.54 Å². The van der Waals surface area contributed by atoms with Crippen LogP contribution in [0.15, 0.2) is 48.5 Å². The van der Waals surface area contributed by atoms with E-state index in [0.717, 1.165) is 22.6 Å². The molecular weight excluding hydrogens is 261 g/mol. The van der Waals surface area contributed by atoms with E-state index in [1.807, 2.05) is 24.3 Å². The Morgan fingerprint density at radius 3 is 2.42 bits per heavy atom. The molecule has 1 nitrogen and oxygen atoms in total. The average Bonchev–Trinajstić information content (AvgIpc) is 2.39. The molecule has 0 saturated carbocycles. The second-order valence-corrected chi connectivity index (χ2v) is 5.51. The summed E-state index contributed by atoms with van der Waals surface area (Å²) in [5.74, 6) is -0.231. The monoisotopic (exact) mass is 277 g/mol. The van der Waals surface area contributed by atoms with Crippen LogP contribution in [0.1, 0.15) is 18.1 Å². The maximum Gasteiger partial charge on any atom is 0.123 e. The Morgan fingerprint density at radius 2 is 1.84 bits per heavy atom. The predicted octanol–water partition coefficient (Wildman–Crippen LogP) is 3.94. The van der Waals surface area contributed by atoms with E-state index in [-0.39, 0.29) is 11.2 Å². The van der Waals surface area contributed by atoms with E-state index < -0.39 is 0 Å². The minimum atomic E-state index is -0.231. The van der Waals surface area contributed by atoms with E-state index in [2.05, 4.69) is 6.92 Å². The minimum absolute atomic E-state index is 0.224. The maximum atomic E-state index is 13.0. The lowest BCUT2D eigenvalue weighted by Gasteiger charge is -2.29. The average molecular weight is 278 g/mol. The molecule has 100 valence electrons. The van der Waals surface area contributed by atoms with E-state index in [1.54, 1.807) is 12.1 Å². The number of benzene rings is 2. The molecule has 0 fully saturated rings. The lowest BCUT2D eigenvalue weighted by Crippen LogP contribution is -2.34. The molecule has 0 amide bonds. The fraction of sp³-hybridized carbons (Fsp3) is 0.250. The highest BCUT2D eigenvalue weighted by Crippen LogP contribution is 2.28. The molecule has 0 heterocycles. The molecule has 0 aliphatic heterocycles. The molecule has 2 rings (SSSR count). The largest absolute Gasteiger partial charge is 0.330 e. The molecule has 3 heteroatoms. The molecule has 0 aromatic heterocycles. The van der Waals surface area contributed by atoms with E-state index in [1.165, 1.54) is 12.1 Å². The zero-order valence-corrected chi connectivity index (χ0v) is 11.6. The smallest absolute Gasteiger partial charge is 0.123 e. The van der Waals surface area contributed by atoms with Crippen LogP contribution in [0, 0.1) is 5.82 Å². The van der Waals surface area contributed by atoms with Crippen LogP contribution in [0.5, 0.6) is 0 Å². The minimum Gasteiger partial charge on any atom is -0.330 e. The van der Waals surface area contributed by atoms with Gasteiger partial charge in [-0.05, 0) is 41.8 Å². The first-order valence-corrected chi connectivity index (χ1v) is 6.62. The third-order valence-corrected chi connectivity index (χ3v) is 3.71. The van der Waals surface area contributed by atoms with Crippen LogP contribution in [-0.4, -0.2) is 6.54 Å². The summed E-state index contributed by atoms with van der Waals surface area (Å²) >= 11 is 6.00. The van der Waals surface area contributed by atoms with Gasteiger partial charge in [-0.1, -0.05) is 42.8 Å². The molecule has 0 radical (unpaired) electrons. The van der Waals surface area contributed by atoms with Crippen LogP contribution in [0.2, 0.25) is 5.02 Å². The summed E-state index contributed by atoms with van der Waals surface area (Å²) in [6.07, 6.45) is 0.774. The van der Waals surface area contributed by atoms with Gasteiger partial charge in [-0.25, -0.2) is 4.39 Å². The molecule has 0 saturated heterocycles. The van der Waals surface area contributed by atoms with Gasteiger partial charge in [-0.3, -0.25) is 0 Å². The van der Waals surface area contributed by atoms with E-state index in [4.69, 9.17) is 17.3 Å². The SMILES string of the molecule is CC(CN)(Cc1cccc(Cl)c1)c1ccc(F)cc1. The van der Waals surface area contributed by atoms with Gasteiger partial charge in [-0.15, -0.1) is 0 Å². The summed E-state index contributed by atoms with van der Waals surface area (Å²) in [6, 6.07) is 14.3. The Bertz CT molecular complexity index is 553. The molecule has 2 aromatic carbocycles. The van der Waals surface area contributed by atoms with Crippen molar-refractivity contribution in [3.8, 4) is 0 Å². The zero-order chi connectivity index (χ0) is 13.9. The van der Waals surface area contributed by atoms with Gasteiger partial charge in [0, 0.05) is 17.0 Å². The highest BCUT2D eigenvalue weighted by Gasteiger charge is 2.25. The first-order chi connectivity index (χ1) is 9.03. The quantitative estimate of drug-likeness (QED) is 0.900. The summed E-state index contributed by atoms with van der Waals surface area (Å²) in [6.45, 7) is 2.58. The summed E-state index contributed by atoms with van der Waals surface area (Å²) < 4.78 is 13.0. The van der Waals surface area contributed by atoms with E-state index >= 15 is 0 Å². The lowest BCUT2D eigenvalue weighted by atomic mass is 9.77. The van der Waals surface area contributed by atoms with Gasteiger partial charge in [0.05, 0.1) is 0 Å². The van der Waals surface area contributed by atoms with Gasteiger partial charge in [0.25, 0.3) is 0 Å². The van der Waals surface area contributed by atoms with Gasteiger partial charge in [0.1, 0.15) is 5.82 Å². The van der Waals surface area contributed by atoms with Crippen molar-refractivity contribution in [3.63, 3.8) is 0 Å². The summed E-state index contributed by atoms with van der Waals surface area (Å²) in [4.78, 5) is 0. The Kier molecular flexibility index (Phi) is 4.23. The Labute approximate surface area is 118 Å². The van der Waals surface area contributed by atoms with Crippen LogP contribution < -0.4 is 5.73 Å². The first-order valence-electron chi connectivity index (χ1n) is 6.24. The molecule has 2 N–H and O–H groups in total. The zero-order valence-electron chi connectivity index (χ0n) is 10.9. The molecule has 1 atom stereocenters. The maximum absolute atomic E-state index is 13.0. The molecule has 1 unspecified atom stereocenters. The molecule has 0 aliphatic carbocycles.